The van der Waals surface area contributed by atoms with Crippen LogP contribution in [0.15, 0.2) is 11.1 Å². The number of aryl methyl sites for hydroxylation is 2. The molecule has 1 aliphatic rings. The first-order valence-electron chi connectivity index (χ1n) is 10.3. The predicted octanol–water partition coefficient (Wildman–Crippen LogP) is 2.12. The molecule has 0 radical (unpaired) electrons. The van der Waals surface area contributed by atoms with Gasteiger partial charge in [0.05, 0.1) is 31.5 Å². The minimum Gasteiger partial charge on any atom is -0.394 e. The minimum atomic E-state index is -0.134. The van der Waals surface area contributed by atoms with Gasteiger partial charge in [-0.2, -0.15) is 0 Å². The van der Waals surface area contributed by atoms with Gasteiger partial charge in [0.1, 0.15) is 4.83 Å². The molecule has 8 heteroatoms. The Bertz CT molecular complexity index is 913. The predicted molar refractivity (Wildman–Crippen MR) is 114 cm³/mol. The Kier molecular flexibility index (Phi) is 7.08. The lowest BCUT2D eigenvalue weighted by molar-refractivity contribution is -0.121. The van der Waals surface area contributed by atoms with E-state index in [1.165, 1.54) is 10.4 Å². The number of nitrogens with one attached hydrogen (secondary N) is 1. The van der Waals surface area contributed by atoms with E-state index in [2.05, 4.69) is 31.1 Å². The fourth-order valence-electron chi connectivity index (χ4n) is 3.84. The first kappa shape index (κ1) is 21.9. The SMILES string of the molecule is CC(C)(C)C1CCc2c(sc3ncn(CCC(=O)NCCOCCO)c(=O)c23)C1. The molecule has 0 aliphatic heterocycles. The second-order valence-corrected chi connectivity index (χ2v) is 9.75. The van der Waals surface area contributed by atoms with Gasteiger partial charge in [0.25, 0.3) is 5.56 Å². The molecule has 1 unspecified atom stereocenters. The number of nitrogens with zero attached hydrogens (tertiary/aromatic N) is 2. The summed E-state index contributed by atoms with van der Waals surface area (Å²) < 4.78 is 6.66. The van der Waals surface area contributed by atoms with Gasteiger partial charge >= 0.3 is 0 Å². The standard InChI is InChI=1S/C21H31N3O4S/c1-21(2,3)14-4-5-15-16(12-14)29-19-18(15)20(27)24(13-23-19)8-6-17(26)22-7-10-28-11-9-25/h13-14,25H,4-12H2,1-3H3,(H,22,26). The van der Waals surface area contributed by atoms with Crippen molar-refractivity contribution in [1.82, 2.24) is 14.9 Å². The van der Waals surface area contributed by atoms with E-state index in [0.29, 0.717) is 25.6 Å². The number of thiophene rings is 1. The van der Waals surface area contributed by atoms with Gasteiger partial charge in [-0.1, -0.05) is 20.8 Å². The average Bonchev–Trinajstić information content (AvgIpc) is 3.05. The normalized spacial score (nSPS) is 16.8. The summed E-state index contributed by atoms with van der Waals surface area (Å²) in [6.45, 7) is 8.13. The van der Waals surface area contributed by atoms with Crippen LogP contribution >= 0.6 is 11.3 Å². The third-order valence-corrected chi connectivity index (χ3v) is 6.81. The van der Waals surface area contributed by atoms with Crippen LogP contribution in [0.5, 0.6) is 0 Å². The Hall–Kier alpha value is -1.77. The van der Waals surface area contributed by atoms with Crippen molar-refractivity contribution in [2.45, 2.75) is 53.0 Å². The van der Waals surface area contributed by atoms with Crippen molar-refractivity contribution in [1.29, 1.82) is 0 Å². The maximum absolute atomic E-state index is 13.0. The topological polar surface area (TPSA) is 93.5 Å². The van der Waals surface area contributed by atoms with Crippen LogP contribution < -0.4 is 10.9 Å². The quantitative estimate of drug-likeness (QED) is 0.637. The highest BCUT2D eigenvalue weighted by atomic mass is 32.1. The summed E-state index contributed by atoms with van der Waals surface area (Å²) in [6, 6.07) is 0. The molecule has 0 aromatic carbocycles. The monoisotopic (exact) mass is 421 g/mol. The number of aromatic nitrogens is 2. The number of aliphatic hydroxyl groups excluding tert-OH is 1. The van der Waals surface area contributed by atoms with Gasteiger partial charge in [-0.15, -0.1) is 11.3 Å². The van der Waals surface area contributed by atoms with Crippen LogP contribution in [0.3, 0.4) is 0 Å². The summed E-state index contributed by atoms with van der Waals surface area (Å²) in [6.07, 6.45) is 4.81. The van der Waals surface area contributed by atoms with Crippen molar-refractivity contribution in [3.63, 3.8) is 0 Å². The zero-order valence-corrected chi connectivity index (χ0v) is 18.3. The highest BCUT2D eigenvalue weighted by molar-refractivity contribution is 7.18. The Morgan fingerprint density at radius 3 is 2.93 bits per heavy atom. The van der Waals surface area contributed by atoms with Gasteiger partial charge in [-0.25, -0.2) is 4.98 Å². The molecule has 0 spiro atoms. The van der Waals surface area contributed by atoms with E-state index >= 15 is 0 Å². The summed E-state index contributed by atoms with van der Waals surface area (Å²) in [4.78, 5) is 31.7. The zero-order valence-electron chi connectivity index (χ0n) is 17.5. The first-order chi connectivity index (χ1) is 13.8. The number of hydrogen-bond donors (Lipinski definition) is 2. The summed E-state index contributed by atoms with van der Waals surface area (Å²) in [5, 5.41) is 12.1. The number of carbonyl (C=O) groups is 1. The molecule has 2 aromatic heterocycles. The number of amides is 1. The first-order valence-corrected chi connectivity index (χ1v) is 11.1. The van der Waals surface area contributed by atoms with Crippen molar-refractivity contribution in [3.8, 4) is 0 Å². The number of aliphatic hydroxyl groups is 1. The molecule has 2 aromatic rings. The average molecular weight is 422 g/mol. The lowest BCUT2D eigenvalue weighted by atomic mass is 9.72. The molecule has 0 saturated heterocycles. The molecule has 29 heavy (non-hydrogen) atoms. The van der Waals surface area contributed by atoms with Gasteiger partial charge < -0.3 is 15.2 Å². The molecule has 1 amide bonds. The fourth-order valence-corrected chi connectivity index (χ4v) is 5.10. The molecule has 7 nitrogen and oxygen atoms in total. The van der Waals surface area contributed by atoms with Crippen molar-refractivity contribution < 1.29 is 14.6 Å². The number of fused-ring (bicyclic) bond motifs is 3. The van der Waals surface area contributed by atoms with E-state index in [1.54, 1.807) is 22.2 Å². The number of rotatable bonds is 8. The van der Waals surface area contributed by atoms with Crippen molar-refractivity contribution in [2.75, 3.05) is 26.4 Å². The maximum Gasteiger partial charge on any atom is 0.262 e. The smallest absolute Gasteiger partial charge is 0.262 e. The Morgan fingerprint density at radius 1 is 1.41 bits per heavy atom. The molecule has 1 aliphatic carbocycles. The largest absolute Gasteiger partial charge is 0.394 e. The van der Waals surface area contributed by atoms with Crippen LogP contribution in [0.2, 0.25) is 0 Å². The molecule has 0 fully saturated rings. The molecule has 3 rings (SSSR count). The van der Waals surface area contributed by atoms with Crippen LogP contribution in [0.1, 0.15) is 44.1 Å². The van der Waals surface area contributed by atoms with Crippen LogP contribution in [-0.4, -0.2) is 46.9 Å². The van der Waals surface area contributed by atoms with Crippen molar-refractivity contribution in [2.24, 2.45) is 11.3 Å². The molecule has 0 bridgehead atoms. The lowest BCUT2D eigenvalue weighted by Crippen LogP contribution is -2.30. The molecular weight excluding hydrogens is 390 g/mol. The van der Waals surface area contributed by atoms with Crippen molar-refractivity contribution >= 4 is 27.5 Å². The van der Waals surface area contributed by atoms with Crippen LogP contribution in [0.4, 0.5) is 0 Å². The maximum atomic E-state index is 13.0. The van der Waals surface area contributed by atoms with Crippen LogP contribution in [0.25, 0.3) is 10.2 Å². The minimum absolute atomic E-state index is 0.0323. The summed E-state index contributed by atoms with van der Waals surface area (Å²) >= 11 is 1.65. The number of carbonyl (C=O) groups excluding carboxylic acids is 1. The molecule has 0 saturated carbocycles. The molecule has 2 heterocycles. The Labute approximate surface area is 175 Å². The summed E-state index contributed by atoms with van der Waals surface area (Å²) in [5.41, 5.74) is 1.39. The van der Waals surface area contributed by atoms with Crippen molar-refractivity contribution in [3.05, 3.63) is 27.1 Å². The lowest BCUT2D eigenvalue weighted by Gasteiger charge is -2.33. The van der Waals surface area contributed by atoms with Gasteiger partial charge in [0.2, 0.25) is 5.91 Å². The summed E-state index contributed by atoms with van der Waals surface area (Å²) in [7, 11) is 0. The van der Waals surface area contributed by atoms with E-state index in [9.17, 15) is 9.59 Å². The summed E-state index contributed by atoms with van der Waals surface area (Å²) in [5.74, 6) is 0.486. The highest BCUT2D eigenvalue weighted by Crippen LogP contribution is 2.41. The van der Waals surface area contributed by atoms with Gasteiger partial charge in [0, 0.05) is 24.4 Å². The second-order valence-electron chi connectivity index (χ2n) is 8.67. The zero-order chi connectivity index (χ0) is 21.0. The van der Waals surface area contributed by atoms with Crippen LogP contribution in [0, 0.1) is 11.3 Å². The Morgan fingerprint density at radius 2 is 2.21 bits per heavy atom. The Balaban J connectivity index is 1.66. The van der Waals surface area contributed by atoms with E-state index in [-0.39, 0.29) is 36.5 Å². The number of ether oxygens (including phenoxy) is 1. The van der Waals surface area contributed by atoms with E-state index in [1.807, 2.05) is 0 Å². The van der Waals surface area contributed by atoms with E-state index < -0.39 is 0 Å². The second kappa shape index (κ2) is 9.36. The molecule has 1 atom stereocenters. The fraction of sp³-hybridized carbons (Fsp3) is 0.667. The van der Waals surface area contributed by atoms with Gasteiger partial charge in [-0.3, -0.25) is 14.2 Å². The third kappa shape index (κ3) is 5.24. The van der Waals surface area contributed by atoms with Gasteiger partial charge in [-0.05, 0) is 36.2 Å². The van der Waals surface area contributed by atoms with E-state index in [4.69, 9.17) is 9.84 Å². The van der Waals surface area contributed by atoms with Gasteiger partial charge in [0.15, 0.2) is 0 Å². The third-order valence-electron chi connectivity index (χ3n) is 5.64. The van der Waals surface area contributed by atoms with Crippen LogP contribution in [-0.2, 0) is 28.9 Å². The molecule has 160 valence electrons. The molecule has 2 N–H and O–H groups in total. The molecular formula is C21H31N3O4S. The highest BCUT2D eigenvalue weighted by Gasteiger charge is 2.31. The number of hydrogen-bond acceptors (Lipinski definition) is 6. The van der Waals surface area contributed by atoms with E-state index in [0.717, 1.165) is 29.5 Å².